The van der Waals surface area contributed by atoms with Crippen molar-refractivity contribution in [1.82, 2.24) is 4.90 Å². The van der Waals surface area contributed by atoms with Gasteiger partial charge in [-0.05, 0) is 59.4 Å². The van der Waals surface area contributed by atoms with Gasteiger partial charge >= 0.3 is 0 Å². The van der Waals surface area contributed by atoms with Crippen molar-refractivity contribution in [1.29, 1.82) is 0 Å². The molecule has 0 saturated heterocycles. The Hall–Kier alpha value is -0.119. The van der Waals surface area contributed by atoms with Crippen molar-refractivity contribution in [2.75, 3.05) is 19.9 Å². The summed E-state index contributed by atoms with van der Waals surface area (Å²) in [6.45, 7) is 23.2. The van der Waals surface area contributed by atoms with E-state index in [1.807, 2.05) is 6.08 Å². The lowest BCUT2D eigenvalue weighted by molar-refractivity contribution is -0.154. The Morgan fingerprint density at radius 3 is 1.92 bits per heavy atom. The van der Waals surface area contributed by atoms with Crippen molar-refractivity contribution < 1.29 is 23.2 Å². The maximum atomic E-state index is 13.9. The number of hydrogen-bond acceptors (Lipinski definition) is 5. The lowest BCUT2D eigenvalue weighted by atomic mass is 10.0. The molecule has 0 spiro atoms. The van der Waals surface area contributed by atoms with E-state index in [9.17, 15) is 9.59 Å². The van der Waals surface area contributed by atoms with Gasteiger partial charge in [0.2, 0.25) is 0 Å². The molecule has 0 bridgehead atoms. The summed E-state index contributed by atoms with van der Waals surface area (Å²) in [5.41, 5.74) is -0.284. The monoisotopic (exact) mass is 695 g/mol. The number of ketones is 1. The van der Waals surface area contributed by atoms with Crippen LogP contribution in [0.15, 0.2) is 21.3 Å². The fourth-order valence-electron chi connectivity index (χ4n) is 4.96. The third kappa shape index (κ3) is 9.20. The largest absolute Gasteiger partial charge is 0.417 e. The molecule has 0 aliphatic carbocycles. The van der Waals surface area contributed by atoms with E-state index in [2.05, 4.69) is 83.8 Å². The number of Topliss-reactive ketones (excluding diaryl/α,β-unsaturated/α-hetero) is 1. The third-order valence-electron chi connectivity index (χ3n) is 8.41. The molecule has 1 aliphatic rings. The van der Waals surface area contributed by atoms with Gasteiger partial charge in [-0.25, -0.2) is 0 Å². The summed E-state index contributed by atoms with van der Waals surface area (Å²) in [5, 5.41) is 0. The topological polar surface area (TPSA) is 65.1 Å². The van der Waals surface area contributed by atoms with Gasteiger partial charge in [0, 0.05) is 33.3 Å². The van der Waals surface area contributed by atoms with E-state index in [0.717, 1.165) is 42.3 Å². The molecule has 1 unspecified atom stereocenters. The molecule has 0 N–H and O–H groups in total. The molecule has 0 fully saturated rings. The predicted molar refractivity (Wildman–Crippen MR) is 175 cm³/mol. The van der Waals surface area contributed by atoms with E-state index in [1.54, 1.807) is 15.9 Å². The first-order valence-corrected chi connectivity index (χ1v) is 24.6. The fourth-order valence-corrected chi connectivity index (χ4v) is 11.6. The number of carbonyl (C=O) groups is 2. The van der Waals surface area contributed by atoms with Gasteiger partial charge < -0.3 is 13.6 Å². The van der Waals surface area contributed by atoms with Crippen molar-refractivity contribution in [3.63, 3.8) is 0 Å². The van der Waals surface area contributed by atoms with E-state index < -0.39 is 30.4 Å². The van der Waals surface area contributed by atoms with Crippen LogP contribution in [0.2, 0.25) is 61.9 Å². The van der Waals surface area contributed by atoms with Crippen LogP contribution in [-0.2, 0) is 23.2 Å². The lowest BCUT2D eigenvalue weighted by Gasteiger charge is -2.45. The number of carbonyl (C=O) groups excluding carboxylic acids is 2. The van der Waals surface area contributed by atoms with E-state index in [1.165, 1.54) is 0 Å². The van der Waals surface area contributed by atoms with Gasteiger partial charge in [-0.2, -0.15) is 0 Å². The second kappa shape index (κ2) is 15.8. The van der Waals surface area contributed by atoms with Crippen LogP contribution in [0.1, 0.15) is 54.9 Å². The second-order valence-electron chi connectivity index (χ2n) is 11.8. The van der Waals surface area contributed by atoms with Gasteiger partial charge in [0.25, 0.3) is 5.91 Å². The lowest BCUT2D eigenvalue weighted by Crippen LogP contribution is -2.57. The molecular weight excluding hydrogens is 641 g/mol. The van der Waals surface area contributed by atoms with Crippen molar-refractivity contribution in [3.8, 4) is 0 Å². The normalized spacial score (nSPS) is 19.3. The second-order valence-corrected chi connectivity index (χ2v) is 27.5. The van der Waals surface area contributed by atoms with Crippen LogP contribution < -0.4 is 0 Å². The molecule has 0 aromatic carbocycles. The Morgan fingerprint density at radius 2 is 1.47 bits per heavy atom. The van der Waals surface area contributed by atoms with Gasteiger partial charge in [0.05, 0.1) is 5.57 Å². The van der Waals surface area contributed by atoms with Crippen LogP contribution in [-0.4, -0.2) is 67.0 Å². The summed E-state index contributed by atoms with van der Waals surface area (Å²) < 4.78 is 21.7. The quantitative estimate of drug-likeness (QED) is 0.0450. The molecule has 0 aromatic rings. The van der Waals surface area contributed by atoms with Crippen LogP contribution in [0, 0.1) is 0 Å². The Balaban J connectivity index is 3.55. The van der Waals surface area contributed by atoms with Crippen LogP contribution in [0.3, 0.4) is 0 Å². The highest BCUT2D eigenvalue weighted by molar-refractivity contribution is 14.1. The first kappa shape index (κ1) is 35.9. The molecule has 1 amide bonds. The maximum Gasteiger partial charge on any atom is 0.262 e. The first-order valence-electron chi connectivity index (χ1n) is 14.6. The van der Waals surface area contributed by atoms with Gasteiger partial charge in [-0.1, -0.05) is 83.8 Å². The number of rotatable bonds is 19. The van der Waals surface area contributed by atoms with Crippen molar-refractivity contribution in [3.05, 3.63) is 21.3 Å². The molecule has 0 aromatic heterocycles. The molecular formula is C28H54INO5Si3. The molecule has 10 heteroatoms. The highest BCUT2D eigenvalue weighted by Gasteiger charge is 2.52. The molecule has 1 rings (SSSR count). The molecule has 6 nitrogen and oxygen atoms in total. The van der Waals surface area contributed by atoms with Gasteiger partial charge in [0.15, 0.2) is 28.1 Å². The molecule has 0 saturated carbocycles. The number of nitrogens with zero attached hydrogens (tertiary/aromatic N) is 1. The van der Waals surface area contributed by atoms with E-state index in [-0.39, 0.29) is 24.0 Å². The number of amides is 1. The van der Waals surface area contributed by atoms with Gasteiger partial charge in [-0.15, -0.1) is 0 Å². The maximum absolute atomic E-state index is 13.9. The predicted octanol–water partition coefficient (Wildman–Crippen LogP) is 8.11. The minimum Gasteiger partial charge on any atom is -0.417 e. The minimum atomic E-state index is -2.18. The highest BCUT2D eigenvalue weighted by atomic mass is 127. The van der Waals surface area contributed by atoms with Crippen LogP contribution in [0.5, 0.6) is 0 Å². The average molecular weight is 696 g/mol. The van der Waals surface area contributed by atoms with Crippen molar-refractivity contribution in [2.45, 2.75) is 123 Å². The van der Waals surface area contributed by atoms with Gasteiger partial charge in [-0.3, -0.25) is 14.5 Å². The standard InChI is InChI=1S/C28H54INO5Si3/c1-11-37(12-2,13-3)34-18-17-28(35-38(14-4,15-5)16-6)21-25(26(31)24(7)22-29)27(32)30(28)23-33-19-20-36(8,9)10/h21-22H,11-20,23H2,1-10H3/b24-22+. The summed E-state index contributed by atoms with van der Waals surface area (Å²) >= 11 is 2.06. The smallest absolute Gasteiger partial charge is 0.262 e. The Morgan fingerprint density at radius 1 is 0.947 bits per heavy atom. The Bertz CT molecular complexity index is 833. The summed E-state index contributed by atoms with van der Waals surface area (Å²) in [6.07, 6.45) is 2.33. The molecule has 38 heavy (non-hydrogen) atoms. The minimum absolute atomic E-state index is 0.114. The Labute approximate surface area is 249 Å². The zero-order valence-corrected chi connectivity index (χ0v) is 31.0. The molecule has 1 atom stereocenters. The van der Waals surface area contributed by atoms with E-state index in [0.29, 0.717) is 25.2 Å². The molecule has 1 aliphatic heterocycles. The van der Waals surface area contributed by atoms with Crippen molar-refractivity contribution in [2.24, 2.45) is 0 Å². The van der Waals surface area contributed by atoms with Crippen LogP contribution in [0.4, 0.5) is 0 Å². The first-order chi connectivity index (χ1) is 17.8. The molecule has 220 valence electrons. The van der Waals surface area contributed by atoms with Crippen LogP contribution in [0.25, 0.3) is 0 Å². The summed E-state index contributed by atoms with van der Waals surface area (Å²) in [6, 6.07) is 7.04. The number of ether oxygens (including phenoxy) is 1. The van der Waals surface area contributed by atoms with Crippen molar-refractivity contribution >= 4 is 59.0 Å². The zero-order valence-electron chi connectivity index (χ0n) is 25.8. The summed E-state index contributed by atoms with van der Waals surface area (Å²) in [5.74, 6) is -0.532. The van der Waals surface area contributed by atoms with Gasteiger partial charge in [0.1, 0.15) is 6.73 Å². The summed E-state index contributed by atoms with van der Waals surface area (Å²) in [4.78, 5) is 28.9. The fraction of sp³-hybridized carbons (Fsp3) is 0.786. The SMILES string of the molecule is CC[Si](CC)(CC)OCCC1(O[Si](CC)(CC)CC)C=C(C(=O)/C(C)=C/I)C(=O)N1COCC[Si](C)(C)C. The van der Waals surface area contributed by atoms with E-state index in [4.69, 9.17) is 13.6 Å². The molecule has 0 radical (unpaired) electrons. The zero-order chi connectivity index (χ0) is 29.2. The number of hydrogen-bond donors (Lipinski definition) is 0. The average Bonchev–Trinajstić information content (AvgIpc) is 3.17. The number of allylic oxidation sites excluding steroid dienone is 1. The Kier molecular flexibility index (Phi) is 14.9. The molecule has 1 heterocycles. The van der Waals surface area contributed by atoms with Crippen LogP contribution >= 0.6 is 22.6 Å². The highest BCUT2D eigenvalue weighted by Crippen LogP contribution is 2.40. The van der Waals surface area contributed by atoms with E-state index >= 15 is 0 Å². The third-order valence-corrected chi connectivity index (χ3v) is 20.4. The number of halogens is 1. The summed E-state index contributed by atoms with van der Waals surface area (Å²) in [7, 11) is -5.31.